The fraction of sp³-hybridized carbons (Fsp3) is 0.929. The van der Waals surface area contributed by atoms with Crippen molar-refractivity contribution in [2.24, 2.45) is 11.8 Å². The molecule has 2 rings (SSSR count). The highest BCUT2D eigenvalue weighted by Crippen LogP contribution is 2.40. The summed E-state index contributed by atoms with van der Waals surface area (Å²) in [7, 11) is 1.65. The fourth-order valence-corrected chi connectivity index (χ4v) is 3.16. The molecule has 122 valence electrons. The fourth-order valence-electron chi connectivity index (χ4n) is 3.16. The first-order valence-corrected chi connectivity index (χ1v) is 7.52. The van der Waals surface area contributed by atoms with Crippen LogP contribution in [0, 0.1) is 11.8 Å². The van der Waals surface area contributed by atoms with E-state index >= 15 is 0 Å². The third-order valence-electron chi connectivity index (χ3n) is 4.34. The van der Waals surface area contributed by atoms with Gasteiger partial charge in [0.15, 0.2) is 0 Å². The van der Waals surface area contributed by atoms with E-state index in [1.54, 1.807) is 7.05 Å². The SMILES string of the molecule is CN(CC1CNCCO1)C(=O)C1CCCC(C(F)(F)F)C1. The number of nitrogens with one attached hydrogen (secondary N) is 1. The summed E-state index contributed by atoms with van der Waals surface area (Å²) in [5.74, 6) is -2.02. The van der Waals surface area contributed by atoms with Gasteiger partial charge in [0.25, 0.3) is 0 Å². The average molecular weight is 308 g/mol. The maximum atomic E-state index is 12.8. The quantitative estimate of drug-likeness (QED) is 0.864. The minimum absolute atomic E-state index is 0.0730. The molecule has 2 aliphatic rings. The number of carbonyl (C=O) groups excluding carboxylic acids is 1. The first-order chi connectivity index (χ1) is 9.88. The van der Waals surface area contributed by atoms with Crippen LogP contribution >= 0.6 is 0 Å². The molecule has 3 unspecified atom stereocenters. The number of likely N-dealkylation sites (N-methyl/N-ethyl adjacent to an activating group) is 1. The minimum atomic E-state index is -4.19. The predicted molar refractivity (Wildman–Crippen MR) is 71.7 cm³/mol. The molecule has 4 nitrogen and oxygen atoms in total. The molecule has 3 atom stereocenters. The predicted octanol–water partition coefficient (Wildman–Crippen LogP) is 1.80. The molecule has 0 aromatic rings. The second-order valence-corrected chi connectivity index (χ2v) is 6.02. The lowest BCUT2D eigenvalue weighted by Gasteiger charge is -2.34. The molecule has 1 amide bonds. The molecule has 21 heavy (non-hydrogen) atoms. The second kappa shape index (κ2) is 6.96. The van der Waals surface area contributed by atoms with Crippen LogP contribution in [0.4, 0.5) is 13.2 Å². The number of nitrogens with zero attached hydrogens (tertiary/aromatic N) is 1. The third kappa shape index (κ3) is 4.57. The molecule has 1 heterocycles. The van der Waals surface area contributed by atoms with Gasteiger partial charge in [0, 0.05) is 32.6 Å². The van der Waals surface area contributed by atoms with Crippen LogP contribution in [0.25, 0.3) is 0 Å². The number of ether oxygens (including phenoxy) is 1. The van der Waals surface area contributed by atoms with Crippen LogP contribution in [0.2, 0.25) is 0 Å². The van der Waals surface area contributed by atoms with E-state index in [9.17, 15) is 18.0 Å². The molecule has 0 aromatic heterocycles. The Morgan fingerprint density at radius 3 is 2.76 bits per heavy atom. The number of morpholine rings is 1. The van der Waals surface area contributed by atoms with Crippen LogP contribution < -0.4 is 5.32 Å². The molecule has 0 radical (unpaired) electrons. The molecule has 7 heteroatoms. The largest absolute Gasteiger partial charge is 0.391 e. The number of amides is 1. The molecular weight excluding hydrogens is 285 g/mol. The Balaban J connectivity index is 1.86. The van der Waals surface area contributed by atoms with Gasteiger partial charge in [0.1, 0.15) is 0 Å². The maximum absolute atomic E-state index is 12.8. The van der Waals surface area contributed by atoms with Gasteiger partial charge in [-0.15, -0.1) is 0 Å². The summed E-state index contributed by atoms with van der Waals surface area (Å²) in [5, 5.41) is 3.17. The number of hydrogen-bond donors (Lipinski definition) is 1. The van der Waals surface area contributed by atoms with Gasteiger partial charge in [-0.25, -0.2) is 0 Å². The van der Waals surface area contributed by atoms with Gasteiger partial charge in [-0.3, -0.25) is 4.79 Å². The van der Waals surface area contributed by atoms with Crippen molar-refractivity contribution in [1.29, 1.82) is 0 Å². The van der Waals surface area contributed by atoms with Crippen LogP contribution in [-0.2, 0) is 9.53 Å². The average Bonchev–Trinajstić information content (AvgIpc) is 2.46. The third-order valence-corrected chi connectivity index (χ3v) is 4.34. The van der Waals surface area contributed by atoms with E-state index in [-0.39, 0.29) is 24.9 Å². The topological polar surface area (TPSA) is 41.6 Å². The van der Waals surface area contributed by atoms with Gasteiger partial charge in [0.05, 0.1) is 18.6 Å². The van der Waals surface area contributed by atoms with Gasteiger partial charge < -0.3 is 15.0 Å². The summed E-state index contributed by atoms with van der Waals surface area (Å²) in [6.07, 6.45) is -3.17. The smallest absolute Gasteiger partial charge is 0.374 e. The van der Waals surface area contributed by atoms with Crippen LogP contribution in [0.3, 0.4) is 0 Å². The zero-order valence-electron chi connectivity index (χ0n) is 12.3. The first kappa shape index (κ1) is 16.5. The minimum Gasteiger partial charge on any atom is -0.374 e. The van der Waals surface area contributed by atoms with Gasteiger partial charge in [-0.1, -0.05) is 6.42 Å². The van der Waals surface area contributed by atoms with Crippen molar-refractivity contribution in [1.82, 2.24) is 10.2 Å². The van der Waals surface area contributed by atoms with E-state index < -0.39 is 18.0 Å². The Bertz CT molecular complexity index is 357. The summed E-state index contributed by atoms with van der Waals surface area (Å²) < 4.78 is 43.9. The Kier molecular flexibility index (Phi) is 5.48. The zero-order chi connectivity index (χ0) is 15.5. The molecule has 1 saturated heterocycles. The van der Waals surface area contributed by atoms with Crippen molar-refractivity contribution in [2.75, 3.05) is 33.3 Å². The lowest BCUT2D eigenvalue weighted by atomic mass is 9.80. The van der Waals surface area contributed by atoms with Crippen molar-refractivity contribution in [2.45, 2.75) is 38.0 Å². The summed E-state index contributed by atoms with van der Waals surface area (Å²) in [5.41, 5.74) is 0. The number of rotatable bonds is 3. The molecule has 0 aromatic carbocycles. The van der Waals surface area contributed by atoms with E-state index in [0.717, 1.165) is 6.54 Å². The van der Waals surface area contributed by atoms with Crippen molar-refractivity contribution in [3.05, 3.63) is 0 Å². The normalized spacial score (nSPS) is 31.0. The second-order valence-electron chi connectivity index (χ2n) is 6.02. The van der Waals surface area contributed by atoms with Gasteiger partial charge >= 0.3 is 6.18 Å². The number of halogens is 3. The van der Waals surface area contributed by atoms with E-state index in [1.807, 2.05) is 0 Å². The molecule has 1 N–H and O–H groups in total. The lowest BCUT2D eigenvalue weighted by Crippen LogP contribution is -2.47. The van der Waals surface area contributed by atoms with Crippen LogP contribution in [0.5, 0.6) is 0 Å². The molecule has 1 aliphatic heterocycles. The van der Waals surface area contributed by atoms with E-state index in [1.165, 1.54) is 4.90 Å². The molecular formula is C14H23F3N2O2. The number of carbonyl (C=O) groups is 1. The Labute approximate surface area is 123 Å². The lowest BCUT2D eigenvalue weighted by molar-refractivity contribution is -0.187. The maximum Gasteiger partial charge on any atom is 0.391 e. The van der Waals surface area contributed by atoms with Crippen LogP contribution in [-0.4, -0.2) is 56.4 Å². The number of hydrogen-bond acceptors (Lipinski definition) is 3. The van der Waals surface area contributed by atoms with E-state index in [2.05, 4.69) is 5.32 Å². The molecule has 0 bridgehead atoms. The standard InChI is InChI=1S/C14H23F3N2O2/c1-19(9-12-8-18-5-6-21-12)13(20)10-3-2-4-11(7-10)14(15,16)17/h10-12,18H,2-9H2,1H3. The highest BCUT2D eigenvalue weighted by molar-refractivity contribution is 5.78. The summed E-state index contributed by atoms with van der Waals surface area (Å²) >= 11 is 0. The highest BCUT2D eigenvalue weighted by atomic mass is 19.4. The van der Waals surface area contributed by atoms with Crippen molar-refractivity contribution < 1.29 is 22.7 Å². The van der Waals surface area contributed by atoms with Crippen molar-refractivity contribution in [3.63, 3.8) is 0 Å². The van der Waals surface area contributed by atoms with Gasteiger partial charge in [0.2, 0.25) is 5.91 Å². The van der Waals surface area contributed by atoms with Gasteiger partial charge in [-0.2, -0.15) is 13.2 Å². The molecule has 2 fully saturated rings. The Morgan fingerprint density at radius 2 is 2.14 bits per heavy atom. The van der Waals surface area contributed by atoms with Crippen LogP contribution in [0.15, 0.2) is 0 Å². The Hall–Kier alpha value is -0.820. The first-order valence-electron chi connectivity index (χ1n) is 7.52. The molecule has 0 spiro atoms. The number of alkyl halides is 3. The van der Waals surface area contributed by atoms with Crippen LogP contribution in [0.1, 0.15) is 25.7 Å². The zero-order valence-corrected chi connectivity index (χ0v) is 12.3. The summed E-state index contributed by atoms with van der Waals surface area (Å²) in [6, 6.07) is 0. The highest BCUT2D eigenvalue weighted by Gasteiger charge is 2.44. The summed E-state index contributed by atoms with van der Waals surface area (Å²) in [4.78, 5) is 13.9. The Morgan fingerprint density at radius 1 is 1.38 bits per heavy atom. The van der Waals surface area contributed by atoms with E-state index in [0.29, 0.717) is 32.5 Å². The van der Waals surface area contributed by atoms with Crippen molar-refractivity contribution in [3.8, 4) is 0 Å². The molecule has 1 saturated carbocycles. The monoisotopic (exact) mass is 308 g/mol. The van der Waals surface area contributed by atoms with E-state index in [4.69, 9.17) is 4.74 Å². The van der Waals surface area contributed by atoms with Gasteiger partial charge in [-0.05, 0) is 19.3 Å². The molecule has 1 aliphatic carbocycles. The van der Waals surface area contributed by atoms with Crippen molar-refractivity contribution >= 4 is 5.91 Å². The summed E-state index contributed by atoms with van der Waals surface area (Å²) in [6.45, 7) is 2.50.